The average Bonchev–Trinajstić information content (AvgIpc) is 2.48. The number of nitrogens with zero attached hydrogens (tertiary/aromatic N) is 3. The second-order valence-corrected chi connectivity index (χ2v) is 4.29. The van der Waals surface area contributed by atoms with Gasteiger partial charge in [-0.3, -0.25) is 9.67 Å². The van der Waals surface area contributed by atoms with Crippen molar-refractivity contribution in [2.75, 3.05) is 0 Å². The Kier molecular flexibility index (Phi) is 2.86. The van der Waals surface area contributed by atoms with Crippen LogP contribution in [0.3, 0.4) is 0 Å². The standard InChI is InChI=1S/C11H12BrN3/c1-8-11(12)9(2)15(14-8)7-10-3-5-13-6-4-10/h3-6H,7H2,1-2H3. The van der Waals surface area contributed by atoms with E-state index in [1.54, 1.807) is 12.4 Å². The molecule has 78 valence electrons. The molecule has 0 aliphatic rings. The Balaban J connectivity index is 2.29. The fraction of sp³-hybridized carbons (Fsp3) is 0.273. The van der Waals surface area contributed by atoms with Gasteiger partial charge in [0.2, 0.25) is 0 Å². The summed E-state index contributed by atoms with van der Waals surface area (Å²) in [7, 11) is 0. The van der Waals surface area contributed by atoms with Crippen LogP contribution < -0.4 is 0 Å². The normalized spacial score (nSPS) is 10.6. The maximum atomic E-state index is 4.45. The molecule has 0 unspecified atom stereocenters. The Bertz CT molecular complexity index is 462. The summed E-state index contributed by atoms with van der Waals surface area (Å²) >= 11 is 3.52. The van der Waals surface area contributed by atoms with Crippen LogP contribution in [0, 0.1) is 13.8 Å². The molecule has 0 saturated heterocycles. The molecule has 0 bridgehead atoms. The first-order valence-electron chi connectivity index (χ1n) is 4.77. The first kappa shape index (κ1) is 10.4. The highest BCUT2D eigenvalue weighted by atomic mass is 79.9. The molecule has 3 nitrogen and oxygen atoms in total. The van der Waals surface area contributed by atoms with E-state index in [4.69, 9.17) is 0 Å². The molecule has 0 aliphatic heterocycles. The van der Waals surface area contributed by atoms with Gasteiger partial charge in [0.15, 0.2) is 0 Å². The zero-order valence-corrected chi connectivity index (χ0v) is 10.3. The minimum atomic E-state index is 0.792. The fourth-order valence-corrected chi connectivity index (χ4v) is 1.77. The van der Waals surface area contributed by atoms with Crippen molar-refractivity contribution in [1.29, 1.82) is 0 Å². The summed E-state index contributed by atoms with van der Waals surface area (Å²) in [4.78, 5) is 3.99. The topological polar surface area (TPSA) is 30.7 Å². The molecular formula is C11H12BrN3. The van der Waals surface area contributed by atoms with Crippen molar-refractivity contribution < 1.29 is 0 Å². The fourth-order valence-electron chi connectivity index (χ4n) is 1.49. The molecule has 2 aromatic heterocycles. The Morgan fingerprint density at radius 1 is 1.27 bits per heavy atom. The molecule has 0 aliphatic carbocycles. The number of aryl methyl sites for hydroxylation is 1. The molecule has 0 aromatic carbocycles. The molecule has 0 spiro atoms. The van der Waals surface area contributed by atoms with Crippen molar-refractivity contribution >= 4 is 15.9 Å². The molecule has 0 N–H and O–H groups in total. The number of aromatic nitrogens is 3. The first-order valence-corrected chi connectivity index (χ1v) is 5.56. The van der Waals surface area contributed by atoms with Crippen molar-refractivity contribution in [3.8, 4) is 0 Å². The lowest BCUT2D eigenvalue weighted by Crippen LogP contribution is -2.03. The maximum Gasteiger partial charge on any atom is 0.0738 e. The molecule has 0 fully saturated rings. The Morgan fingerprint density at radius 3 is 2.47 bits per heavy atom. The zero-order valence-electron chi connectivity index (χ0n) is 8.74. The van der Waals surface area contributed by atoms with Gasteiger partial charge in [0.25, 0.3) is 0 Å². The second-order valence-electron chi connectivity index (χ2n) is 3.50. The summed E-state index contributed by atoms with van der Waals surface area (Å²) in [5, 5.41) is 4.45. The molecule has 0 saturated carbocycles. The predicted molar refractivity (Wildman–Crippen MR) is 62.7 cm³/mol. The molecule has 0 atom stereocenters. The van der Waals surface area contributed by atoms with Crippen LogP contribution in [-0.2, 0) is 6.54 Å². The van der Waals surface area contributed by atoms with Crippen LogP contribution in [0.5, 0.6) is 0 Å². The van der Waals surface area contributed by atoms with E-state index in [-0.39, 0.29) is 0 Å². The van der Waals surface area contributed by atoms with E-state index in [0.717, 1.165) is 22.4 Å². The van der Waals surface area contributed by atoms with Crippen LogP contribution in [0.2, 0.25) is 0 Å². The monoisotopic (exact) mass is 265 g/mol. The van der Waals surface area contributed by atoms with Gasteiger partial charge in [-0.15, -0.1) is 0 Å². The Hall–Kier alpha value is -1.16. The zero-order chi connectivity index (χ0) is 10.8. The summed E-state index contributed by atoms with van der Waals surface area (Å²) in [6, 6.07) is 4.01. The van der Waals surface area contributed by atoms with Crippen molar-refractivity contribution in [3.63, 3.8) is 0 Å². The predicted octanol–water partition coefficient (Wildman–Crippen LogP) is 2.71. The van der Waals surface area contributed by atoms with E-state index in [0.29, 0.717) is 0 Å². The van der Waals surface area contributed by atoms with Crippen LogP contribution >= 0.6 is 15.9 Å². The van der Waals surface area contributed by atoms with Crippen LogP contribution in [0.25, 0.3) is 0 Å². The van der Waals surface area contributed by atoms with Crippen LogP contribution in [0.15, 0.2) is 29.0 Å². The quantitative estimate of drug-likeness (QED) is 0.836. The van der Waals surface area contributed by atoms with Crippen molar-refractivity contribution in [2.24, 2.45) is 0 Å². The smallest absolute Gasteiger partial charge is 0.0738 e. The van der Waals surface area contributed by atoms with E-state index >= 15 is 0 Å². The van der Waals surface area contributed by atoms with Gasteiger partial charge in [-0.2, -0.15) is 5.10 Å². The molecule has 2 rings (SSSR count). The molecule has 4 heteroatoms. The summed E-state index contributed by atoms with van der Waals surface area (Å²) in [5.41, 5.74) is 3.40. The largest absolute Gasteiger partial charge is 0.265 e. The highest BCUT2D eigenvalue weighted by molar-refractivity contribution is 9.10. The molecule has 2 aromatic rings. The van der Waals surface area contributed by atoms with Gasteiger partial charge >= 0.3 is 0 Å². The third kappa shape index (κ3) is 2.09. The van der Waals surface area contributed by atoms with E-state index < -0.39 is 0 Å². The summed E-state index contributed by atoms with van der Waals surface area (Å²) < 4.78 is 3.09. The minimum Gasteiger partial charge on any atom is -0.265 e. The number of hydrogen-bond acceptors (Lipinski definition) is 2. The number of hydrogen-bond donors (Lipinski definition) is 0. The summed E-state index contributed by atoms with van der Waals surface area (Å²) in [6.07, 6.45) is 3.60. The summed E-state index contributed by atoms with van der Waals surface area (Å²) in [5.74, 6) is 0. The third-order valence-electron chi connectivity index (χ3n) is 2.37. The van der Waals surface area contributed by atoms with Gasteiger partial charge in [-0.05, 0) is 47.5 Å². The van der Waals surface area contributed by atoms with Gasteiger partial charge in [0.1, 0.15) is 0 Å². The molecule has 15 heavy (non-hydrogen) atoms. The SMILES string of the molecule is Cc1nn(Cc2ccncc2)c(C)c1Br. The van der Waals surface area contributed by atoms with Crippen molar-refractivity contribution in [3.05, 3.63) is 46.0 Å². The van der Waals surface area contributed by atoms with Gasteiger partial charge in [-0.1, -0.05) is 0 Å². The van der Waals surface area contributed by atoms with Crippen molar-refractivity contribution in [2.45, 2.75) is 20.4 Å². The molecular weight excluding hydrogens is 254 g/mol. The highest BCUT2D eigenvalue weighted by Crippen LogP contribution is 2.20. The lowest BCUT2D eigenvalue weighted by molar-refractivity contribution is 0.658. The highest BCUT2D eigenvalue weighted by Gasteiger charge is 2.08. The Labute approximate surface area is 97.3 Å². The second kappa shape index (κ2) is 4.14. The van der Waals surface area contributed by atoms with Crippen LogP contribution in [-0.4, -0.2) is 14.8 Å². The average molecular weight is 266 g/mol. The molecule has 0 amide bonds. The lowest BCUT2D eigenvalue weighted by atomic mass is 10.3. The van der Waals surface area contributed by atoms with Crippen molar-refractivity contribution in [1.82, 2.24) is 14.8 Å². The van der Waals surface area contributed by atoms with E-state index in [2.05, 4.69) is 32.9 Å². The van der Waals surface area contributed by atoms with E-state index in [1.807, 2.05) is 23.7 Å². The van der Waals surface area contributed by atoms with Gasteiger partial charge < -0.3 is 0 Å². The number of rotatable bonds is 2. The first-order chi connectivity index (χ1) is 7.18. The molecule has 0 radical (unpaired) electrons. The van der Waals surface area contributed by atoms with Gasteiger partial charge in [0, 0.05) is 12.4 Å². The van der Waals surface area contributed by atoms with E-state index in [1.165, 1.54) is 5.56 Å². The summed E-state index contributed by atoms with van der Waals surface area (Å²) in [6.45, 7) is 4.85. The minimum absolute atomic E-state index is 0.792. The Morgan fingerprint density at radius 2 is 1.93 bits per heavy atom. The third-order valence-corrected chi connectivity index (χ3v) is 3.52. The molecule has 2 heterocycles. The number of halogens is 1. The van der Waals surface area contributed by atoms with Crippen LogP contribution in [0.1, 0.15) is 17.0 Å². The number of pyridine rings is 1. The lowest BCUT2D eigenvalue weighted by Gasteiger charge is -2.03. The van der Waals surface area contributed by atoms with Gasteiger partial charge in [-0.25, -0.2) is 0 Å². The van der Waals surface area contributed by atoms with E-state index in [9.17, 15) is 0 Å². The van der Waals surface area contributed by atoms with Gasteiger partial charge in [0.05, 0.1) is 22.4 Å². The maximum absolute atomic E-state index is 4.45. The van der Waals surface area contributed by atoms with Crippen LogP contribution in [0.4, 0.5) is 0 Å².